The average molecular weight is 479 g/mol. The molecule has 0 aliphatic carbocycles. The predicted molar refractivity (Wildman–Crippen MR) is 129 cm³/mol. The molecule has 1 amide bonds. The molecule has 5 rings (SSSR count). The molecule has 1 unspecified atom stereocenters. The van der Waals surface area contributed by atoms with Crippen LogP contribution < -0.4 is 15.5 Å². The number of rotatable bonds is 7. The topological polar surface area (TPSA) is 108 Å². The van der Waals surface area contributed by atoms with Gasteiger partial charge in [-0.25, -0.2) is 9.37 Å². The Morgan fingerprint density at radius 3 is 2.60 bits per heavy atom. The van der Waals surface area contributed by atoms with Crippen molar-refractivity contribution in [2.45, 2.75) is 13.0 Å². The zero-order valence-electron chi connectivity index (χ0n) is 19.4. The number of hydrogen-bond acceptors (Lipinski definition) is 9. The molecule has 3 aromatic rings. The van der Waals surface area contributed by atoms with Crippen molar-refractivity contribution in [3.63, 3.8) is 0 Å². The minimum Gasteiger partial charge on any atom is -0.378 e. The molecule has 182 valence electrons. The fourth-order valence-corrected chi connectivity index (χ4v) is 4.11. The molecule has 2 fully saturated rings. The van der Waals surface area contributed by atoms with E-state index in [-0.39, 0.29) is 23.7 Å². The van der Waals surface area contributed by atoms with E-state index in [0.29, 0.717) is 62.8 Å². The summed E-state index contributed by atoms with van der Waals surface area (Å²) in [6, 6.07) is 7.99. The average Bonchev–Trinajstić information content (AvgIpc) is 2.84. The Bertz CT molecular complexity index is 1150. The standard InChI is InChI=1S/C24H27FN8O2/c1-16(17-2-4-19(25)5-3-17)28-24-30-20(29-21-13-26-6-7-27-21)12-22(31-24)33-14-18(15-33)23(34)32-8-10-35-11-9-32/h2-7,12-13,16,18H,8-11,14-15H2,1H3,(H2,27,28,29,30,31). The molecule has 0 radical (unpaired) electrons. The van der Waals surface area contributed by atoms with Crippen LogP contribution in [0.3, 0.4) is 0 Å². The van der Waals surface area contributed by atoms with Crippen LogP contribution in [0.5, 0.6) is 0 Å². The van der Waals surface area contributed by atoms with Gasteiger partial charge in [-0.05, 0) is 24.6 Å². The molecule has 35 heavy (non-hydrogen) atoms. The second kappa shape index (κ2) is 10.2. The Morgan fingerprint density at radius 2 is 1.89 bits per heavy atom. The normalized spacial score (nSPS) is 17.0. The molecule has 4 heterocycles. The van der Waals surface area contributed by atoms with Gasteiger partial charge in [0.25, 0.3) is 0 Å². The van der Waals surface area contributed by atoms with E-state index < -0.39 is 0 Å². The molecule has 2 aromatic heterocycles. The minimum absolute atomic E-state index is 0.0611. The van der Waals surface area contributed by atoms with E-state index in [1.54, 1.807) is 30.7 Å². The number of amides is 1. The van der Waals surface area contributed by atoms with E-state index in [2.05, 4.69) is 30.5 Å². The highest BCUT2D eigenvalue weighted by molar-refractivity contribution is 5.82. The lowest BCUT2D eigenvalue weighted by molar-refractivity contribution is -0.140. The summed E-state index contributed by atoms with van der Waals surface area (Å²) in [4.78, 5) is 34.4. The van der Waals surface area contributed by atoms with Crippen molar-refractivity contribution < 1.29 is 13.9 Å². The monoisotopic (exact) mass is 478 g/mol. The van der Waals surface area contributed by atoms with Crippen molar-refractivity contribution in [1.82, 2.24) is 24.8 Å². The van der Waals surface area contributed by atoms with Crippen molar-refractivity contribution in [2.75, 3.05) is 54.9 Å². The molecule has 2 N–H and O–H groups in total. The highest BCUT2D eigenvalue weighted by atomic mass is 19.1. The van der Waals surface area contributed by atoms with Crippen LogP contribution in [0.15, 0.2) is 48.9 Å². The van der Waals surface area contributed by atoms with E-state index in [1.165, 1.54) is 12.1 Å². The van der Waals surface area contributed by atoms with E-state index in [0.717, 1.165) is 5.56 Å². The first-order valence-corrected chi connectivity index (χ1v) is 11.6. The first-order valence-electron chi connectivity index (χ1n) is 11.6. The van der Waals surface area contributed by atoms with Gasteiger partial charge in [0, 0.05) is 44.6 Å². The summed E-state index contributed by atoms with van der Waals surface area (Å²) in [6.07, 6.45) is 4.80. The van der Waals surface area contributed by atoms with Gasteiger partial charge in [-0.15, -0.1) is 0 Å². The van der Waals surface area contributed by atoms with Gasteiger partial charge in [0.2, 0.25) is 11.9 Å². The minimum atomic E-state index is -0.284. The Labute approximate surface area is 202 Å². The first kappa shape index (κ1) is 22.9. The highest BCUT2D eigenvalue weighted by Gasteiger charge is 2.37. The number of morpholine rings is 1. The van der Waals surface area contributed by atoms with Crippen LogP contribution in [-0.4, -0.2) is 70.1 Å². The molecule has 0 bridgehead atoms. The number of benzene rings is 1. The molecular formula is C24H27FN8O2. The maximum atomic E-state index is 13.3. The fraction of sp³-hybridized carbons (Fsp3) is 0.375. The highest BCUT2D eigenvalue weighted by Crippen LogP contribution is 2.29. The summed E-state index contributed by atoms with van der Waals surface area (Å²) in [5.74, 6) is 2.04. The van der Waals surface area contributed by atoms with Crippen molar-refractivity contribution in [1.29, 1.82) is 0 Å². The smallest absolute Gasteiger partial charge is 0.229 e. The summed E-state index contributed by atoms with van der Waals surface area (Å²) in [5, 5.41) is 6.46. The van der Waals surface area contributed by atoms with Crippen LogP contribution >= 0.6 is 0 Å². The molecule has 2 aliphatic rings. The molecular weight excluding hydrogens is 451 g/mol. The van der Waals surface area contributed by atoms with Gasteiger partial charge in [0.05, 0.1) is 31.4 Å². The number of carbonyl (C=O) groups excluding carboxylic acids is 1. The number of nitrogens with zero attached hydrogens (tertiary/aromatic N) is 6. The summed E-state index contributed by atoms with van der Waals surface area (Å²) in [7, 11) is 0. The third kappa shape index (κ3) is 5.46. The lowest BCUT2D eigenvalue weighted by Gasteiger charge is -2.42. The zero-order chi connectivity index (χ0) is 24.2. The van der Waals surface area contributed by atoms with Crippen LogP contribution in [0.25, 0.3) is 0 Å². The van der Waals surface area contributed by atoms with Crippen molar-refractivity contribution >= 4 is 29.3 Å². The number of hydrogen-bond donors (Lipinski definition) is 2. The van der Waals surface area contributed by atoms with Gasteiger partial charge in [-0.3, -0.25) is 9.78 Å². The molecule has 1 atom stereocenters. The van der Waals surface area contributed by atoms with Gasteiger partial charge in [-0.1, -0.05) is 12.1 Å². The quantitative estimate of drug-likeness (QED) is 0.530. The Balaban J connectivity index is 1.33. The third-order valence-electron chi connectivity index (χ3n) is 6.13. The van der Waals surface area contributed by atoms with Gasteiger partial charge < -0.3 is 25.2 Å². The van der Waals surface area contributed by atoms with Crippen LogP contribution in [-0.2, 0) is 9.53 Å². The van der Waals surface area contributed by atoms with E-state index in [4.69, 9.17) is 9.72 Å². The third-order valence-corrected chi connectivity index (χ3v) is 6.13. The number of anilines is 4. The second-order valence-corrected chi connectivity index (χ2v) is 8.61. The Hall–Kier alpha value is -3.86. The van der Waals surface area contributed by atoms with Crippen LogP contribution in [0.2, 0.25) is 0 Å². The number of nitrogens with one attached hydrogen (secondary N) is 2. The Morgan fingerprint density at radius 1 is 1.11 bits per heavy atom. The Kier molecular flexibility index (Phi) is 6.66. The first-order chi connectivity index (χ1) is 17.0. The van der Waals surface area contributed by atoms with Crippen molar-refractivity contribution in [2.24, 2.45) is 5.92 Å². The SMILES string of the molecule is CC(Nc1nc(Nc2cnccn2)cc(N2CC(C(=O)N3CCOCC3)C2)n1)c1ccc(F)cc1. The van der Waals surface area contributed by atoms with Gasteiger partial charge in [-0.2, -0.15) is 9.97 Å². The van der Waals surface area contributed by atoms with Crippen molar-refractivity contribution in [3.8, 4) is 0 Å². The van der Waals surface area contributed by atoms with E-state index >= 15 is 0 Å². The fourth-order valence-electron chi connectivity index (χ4n) is 4.11. The van der Waals surface area contributed by atoms with Crippen LogP contribution in [0.1, 0.15) is 18.5 Å². The largest absolute Gasteiger partial charge is 0.378 e. The lowest BCUT2D eigenvalue weighted by Crippen LogP contribution is -2.56. The molecule has 11 heteroatoms. The van der Waals surface area contributed by atoms with Crippen LogP contribution in [0.4, 0.5) is 27.8 Å². The zero-order valence-corrected chi connectivity index (χ0v) is 19.4. The molecule has 0 spiro atoms. The number of aromatic nitrogens is 4. The number of halogens is 1. The molecule has 2 aliphatic heterocycles. The van der Waals surface area contributed by atoms with Crippen molar-refractivity contribution in [3.05, 3.63) is 60.3 Å². The van der Waals surface area contributed by atoms with Gasteiger partial charge in [0.15, 0.2) is 0 Å². The van der Waals surface area contributed by atoms with Gasteiger partial charge >= 0.3 is 0 Å². The summed E-state index contributed by atoms with van der Waals surface area (Å²) < 4.78 is 18.7. The second-order valence-electron chi connectivity index (χ2n) is 8.61. The summed E-state index contributed by atoms with van der Waals surface area (Å²) in [6.45, 7) is 5.60. The van der Waals surface area contributed by atoms with E-state index in [1.807, 2.05) is 17.9 Å². The molecule has 2 saturated heterocycles. The van der Waals surface area contributed by atoms with E-state index in [9.17, 15) is 9.18 Å². The maximum absolute atomic E-state index is 13.3. The summed E-state index contributed by atoms with van der Waals surface area (Å²) in [5.41, 5.74) is 0.906. The van der Waals surface area contributed by atoms with Gasteiger partial charge in [0.1, 0.15) is 23.3 Å². The molecule has 1 aromatic carbocycles. The number of ether oxygens (including phenoxy) is 1. The lowest BCUT2D eigenvalue weighted by atomic mass is 9.98. The molecule has 0 saturated carbocycles. The number of carbonyl (C=O) groups is 1. The maximum Gasteiger partial charge on any atom is 0.229 e. The predicted octanol–water partition coefficient (Wildman–Crippen LogP) is 2.62. The van der Waals surface area contributed by atoms with Crippen LogP contribution in [0, 0.1) is 11.7 Å². The molecule has 10 nitrogen and oxygen atoms in total. The summed E-state index contributed by atoms with van der Waals surface area (Å²) >= 11 is 0.